The lowest BCUT2D eigenvalue weighted by atomic mass is 10.1. The van der Waals surface area contributed by atoms with E-state index in [1.807, 2.05) is 22.6 Å². The molecule has 2 amide bonds. The van der Waals surface area contributed by atoms with Crippen LogP contribution in [-0.4, -0.2) is 35.7 Å². The molecule has 1 aliphatic rings. The zero-order valence-electron chi connectivity index (χ0n) is 20.1. The molecule has 1 aliphatic heterocycles. The predicted molar refractivity (Wildman–Crippen MR) is 156 cm³/mol. The van der Waals surface area contributed by atoms with Gasteiger partial charge in [0.2, 0.25) is 0 Å². The topological polar surface area (TPSA) is 82.1 Å². The van der Waals surface area contributed by atoms with Crippen molar-refractivity contribution in [1.29, 1.82) is 0 Å². The van der Waals surface area contributed by atoms with Crippen LogP contribution in [0.4, 0.5) is 4.79 Å². The second-order valence-electron chi connectivity index (χ2n) is 7.85. The maximum Gasteiger partial charge on any atom is 0.343 e. The number of ether oxygens (including phenoxy) is 3. The second kappa shape index (κ2) is 12.4. The SMILES string of the molecule is CCOc1cc(/C=C2\SC(=O)N(Cc3c(Cl)cccc3Cl)C2=O)cc(I)c1OC(=O)c1ccc(OC)cc1. The number of amides is 2. The smallest absolute Gasteiger partial charge is 0.343 e. The van der Waals surface area contributed by atoms with Gasteiger partial charge < -0.3 is 14.2 Å². The molecule has 1 fully saturated rings. The zero-order valence-corrected chi connectivity index (χ0v) is 24.6. The highest BCUT2D eigenvalue weighted by Crippen LogP contribution is 2.39. The minimum Gasteiger partial charge on any atom is -0.497 e. The summed E-state index contributed by atoms with van der Waals surface area (Å²) in [6.07, 6.45) is 1.60. The van der Waals surface area contributed by atoms with E-state index in [1.54, 1.807) is 74.7 Å². The summed E-state index contributed by atoms with van der Waals surface area (Å²) in [6, 6.07) is 14.9. The predicted octanol–water partition coefficient (Wildman–Crippen LogP) is 7.46. The highest BCUT2D eigenvalue weighted by molar-refractivity contribution is 14.1. The first-order valence-corrected chi connectivity index (χ1v) is 13.9. The third-order valence-electron chi connectivity index (χ3n) is 5.40. The molecule has 0 radical (unpaired) electrons. The standard InChI is InChI=1S/C27H20Cl2INO6S/c1-3-36-22-12-15(11-21(30)24(22)37-26(33)16-7-9-17(35-2)10-8-16)13-23-25(32)31(27(34)38-23)14-18-19(28)5-4-6-20(18)29/h4-13H,3,14H2,1-2H3/b23-13-. The molecule has 4 rings (SSSR count). The van der Waals surface area contributed by atoms with E-state index in [0.717, 1.165) is 16.7 Å². The van der Waals surface area contributed by atoms with Crippen LogP contribution in [0.3, 0.4) is 0 Å². The van der Waals surface area contributed by atoms with Crippen molar-refractivity contribution in [2.45, 2.75) is 13.5 Å². The largest absolute Gasteiger partial charge is 0.497 e. The molecule has 0 atom stereocenters. The molecule has 1 heterocycles. The number of methoxy groups -OCH3 is 1. The summed E-state index contributed by atoms with van der Waals surface area (Å²) in [5.74, 6) is 0.189. The molecule has 3 aromatic rings. The van der Waals surface area contributed by atoms with Gasteiger partial charge in [0.05, 0.1) is 34.3 Å². The lowest BCUT2D eigenvalue weighted by Gasteiger charge is -2.15. The minimum atomic E-state index is -0.557. The fourth-order valence-corrected chi connectivity index (χ4v) is 5.63. The molecule has 0 bridgehead atoms. The number of thioether (sulfide) groups is 1. The number of benzene rings is 3. The number of imide groups is 1. The fraction of sp³-hybridized carbons (Fsp3) is 0.148. The first kappa shape index (κ1) is 28.3. The Kier molecular flexibility index (Phi) is 9.24. The van der Waals surface area contributed by atoms with E-state index in [-0.39, 0.29) is 17.2 Å². The van der Waals surface area contributed by atoms with Gasteiger partial charge in [-0.1, -0.05) is 29.3 Å². The van der Waals surface area contributed by atoms with Crippen LogP contribution in [0.25, 0.3) is 6.08 Å². The van der Waals surface area contributed by atoms with Gasteiger partial charge >= 0.3 is 5.97 Å². The Hall–Kier alpha value is -2.73. The highest BCUT2D eigenvalue weighted by Gasteiger charge is 2.36. The van der Waals surface area contributed by atoms with Crippen molar-refractivity contribution in [3.8, 4) is 17.2 Å². The summed E-state index contributed by atoms with van der Waals surface area (Å²) in [5, 5.41) is 0.314. The number of carbonyl (C=O) groups excluding carboxylic acids is 3. The Morgan fingerprint density at radius 1 is 1.08 bits per heavy atom. The van der Waals surface area contributed by atoms with Crippen molar-refractivity contribution >= 4 is 80.7 Å². The molecule has 0 saturated carbocycles. The van der Waals surface area contributed by atoms with Crippen LogP contribution in [0.1, 0.15) is 28.4 Å². The summed E-state index contributed by atoms with van der Waals surface area (Å²) in [4.78, 5) is 39.8. The number of nitrogens with zero attached hydrogens (tertiary/aromatic N) is 1. The number of esters is 1. The normalized spacial score (nSPS) is 14.2. The Morgan fingerprint density at radius 2 is 1.76 bits per heavy atom. The van der Waals surface area contributed by atoms with Crippen molar-refractivity contribution in [2.75, 3.05) is 13.7 Å². The molecule has 38 heavy (non-hydrogen) atoms. The van der Waals surface area contributed by atoms with Crippen LogP contribution in [0.5, 0.6) is 17.2 Å². The summed E-state index contributed by atoms with van der Waals surface area (Å²) in [7, 11) is 1.54. The Bertz CT molecular complexity index is 1420. The first-order valence-electron chi connectivity index (χ1n) is 11.2. The van der Waals surface area contributed by atoms with Gasteiger partial charge in [0.25, 0.3) is 11.1 Å². The summed E-state index contributed by atoms with van der Waals surface area (Å²) in [6.45, 7) is 2.09. The summed E-state index contributed by atoms with van der Waals surface area (Å²) < 4.78 is 17.1. The van der Waals surface area contributed by atoms with Gasteiger partial charge in [0, 0.05) is 15.6 Å². The molecule has 0 aromatic heterocycles. The summed E-state index contributed by atoms with van der Waals surface area (Å²) >= 11 is 15.3. The van der Waals surface area contributed by atoms with Crippen LogP contribution in [0.15, 0.2) is 59.5 Å². The minimum absolute atomic E-state index is 0.0392. The van der Waals surface area contributed by atoms with Crippen molar-refractivity contribution in [2.24, 2.45) is 0 Å². The monoisotopic (exact) mass is 683 g/mol. The van der Waals surface area contributed by atoms with Crippen LogP contribution >= 0.6 is 57.6 Å². The van der Waals surface area contributed by atoms with E-state index < -0.39 is 17.1 Å². The van der Waals surface area contributed by atoms with Gasteiger partial charge in [-0.2, -0.15) is 0 Å². The van der Waals surface area contributed by atoms with Gasteiger partial charge in [-0.05, 0) is 101 Å². The van der Waals surface area contributed by atoms with E-state index in [4.69, 9.17) is 37.4 Å². The van der Waals surface area contributed by atoms with Crippen molar-refractivity contribution in [3.63, 3.8) is 0 Å². The molecule has 0 N–H and O–H groups in total. The van der Waals surface area contributed by atoms with E-state index in [2.05, 4.69) is 0 Å². The van der Waals surface area contributed by atoms with Crippen LogP contribution in [0.2, 0.25) is 10.0 Å². The van der Waals surface area contributed by atoms with E-state index >= 15 is 0 Å². The number of carbonyl (C=O) groups is 3. The average molecular weight is 684 g/mol. The molecule has 196 valence electrons. The Labute approximate surface area is 247 Å². The quantitative estimate of drug-likeness (QED) is 0.106. The first-order chi connectivity index (χ1) is 18.2. The van der Waals surface area contributed by atoms with Gasteiger partial charge in [-0.25, -0.2) is 4.79 Å². The van der Waals surface area contributed by atoms with Crippen molar-refractivity contribution in [1.82, 2.24) is 4.90 Å². The fourth-order valence-electron chi connectivity index (χ4n) is 3.54. The summed E-state index contributed by atoms with van der Waals surface area (Å²) in [5.41, 5.74) is 1.44. The van der Waals surface area contributed by atoms with Crippen molar-refractivity contribution in [3.05, 3.63) is 89.8 Å². The number of hydrogen-bond donors (Lipinski definition) is 0. The lowest BCUT2D eigenvalue weighted by Crippen LogP contribution is -2.27. The Morgan fingerprint density at radius 3 is 2.39 bits per heavy atom. The van der Waals surface area contributed by atoms with E-state index in [1.165, 1.54) is 0 Å². The number of hydrogen-bond acceptors (Lipinski definition) is 7. The third kappa shape index (κ3) is 6.28. The molecule has 3 aromatic carbocycles. The molecule has 0 unspecified atom stereocenters. The van der Waals surface area contributed by atoms with Gasteiger partial charge in [0.15, 0.2) is 11.5 Å². The molecule has 0 aliphatic carbocycles. The van der Waals surface area contributed by atoms with Crippen LogP contribution in [0, 0.1) is 3.57 Å². The Balaban J connectivity index is 1.59. The second-order valence-corrected chi connectivity index (χ2v) is 10.8. The van der Waals surface area contributed by atoms with E-state index in [9.17, 15) is 14.4 Å². The van der Waals surface area contributed by atoms with E-state index in [0.29, 0.717) is 48.4 Å². The van der Waals surface area contributed by atoms with Crippen LogP contribution < -0.4 is 14.2 Å². The molecule has 1 saturated heterocycles. The van der Waals surface area contributed by atoms with Gasteiger partial charge in [0.1, 0.15) is 5.75 Å². The number of halogens is 3. The maximum atomic E-state index is 13.1. The lowest BCUT2D eigenvalue weighted by molar-refractivity contribution is -0.123. The highest BCUT2D eigenvalue weighted by atomic mass is 127. The van der Waals surface area contributed by atoms with Crippen molar-refractivity contribution < 1.29 is 28.6 Å². The zero-order chi connectivity index (χ0) is 27.4. The van der Waals surface area contributed by atoms with Gasteiger partial charge in [-0.15, -0.1) is 0 Å². The molecule has 11 heteroatoms. The third-order valence-corrected chi connectivity index (χ3v) is 7.82. The molecular formula is C27H20Cl2INO6S. The number of rotatable bonds is 8. The molecule has 0 spiro atoms. The van der Waals surface area contributed by atoms with Crippen LogP contribution in [-0.2, 0) is 11.3 Å². The molecular weight excluding hydrogens is 664 g/mol. The van der Waals surface area contributed by atoms with Gasteiger partial charge in [-0.3, -0.25) is 14.5 Å². The molecule has 7 nitrogen and oxygen atoms in total. The maximum absolute atomic E-state index is 13.1. The average Bonchev–Trinajstić information content (AvgIpc) is 3.15.